The summed E-state index contributed by atoms with van der Waals surface area (Å²) in [5.41, 5.74) is 3.36. The summed E-state index contributed by atoms with van der Waals surface area (Å²) in [5, 5.41) is 8.02. The van der Waals surface area contributed by atoms with Crippen LogP contribution in [-0.4, -0.2) is 30.3 Å². The normalized spacial score (nSPS) is 17.3. The maximum absolute atomic E-state index is 13.2. The topological polar surface area (TPSA) is 70.2 Å². The van der Waals surface area contributed by atoms with Gasteiger partial charge in [0.25, 0.3) is 11.8 Å². The summed E-state index contributed by atoms with van der Waals surface area (Å²) in [6.45, 7) is 2.10. The predicted octanol–water partition coefficient (Wildman–Crippen LogP) is 2.96. The Kier molecular flexibility index (Phi) is 7.70. The first-order chi connectivity index (χ1) is 13.3. The molecule has 0 aromatic heterocycles. The first-order valence-electron chi connectivity index (χ1n) is 9.14. The number of nitrogens with one attached hydrogen (secondary N) is 3. The molecule has 1 aliphatic rings. The quantitative estimate of drug-likeness (QED) is 0.669. The molecule has 1 fully saturated rings. The third kappa shape index (κ3) is 6.51. The minimum Gasteiger partial charge on any atom is -0.351 e. The van der Waals surface area contributed by atoms with E-state index >= 15 is 0 Å². The molecule has 2 amide bonds. The van der Waals surface area contributed by atoms with Crippen molar-refractivity contribution in [2.24, 2.45) is 0 Å². The van der Waals surface area contributed by atoms with Gasteiger partial charge in [0, 0.05) is 25.1 Å². The first kappa shape index (κ1) is 22.8. The summed E-state index contributed by atoms with van der Waals surface area (Å²) in [7, 11) is 0. The lowest BCUT2D eigenvalue weighted by molar-refractivity contribution is -0.123. The van der Waals surface area contributed by atoms with Crippen LogP contribution in [0.2, 0.25) is 0 Å². The molecule has 3 N–H and O–H groups in total. The molecule has 0 bridgehead atoms. The molecular formula is C21H24ClF2N3O2. The molecule has 2 aromatic carbocycles. The molecule has 5 nitrogen and oxygen atoms in total. The zero-order valence-corrected chi connectivity index (χ0v) is 16.8. The van der Waals surface area contributed by atoms with E-state index in [0.29, 0.717) is 12.1 Å². The van der Waals surface area contributed by atoms with Gasteiger partial charge in [-0.25, -0.2) is 8.78 Å². The van der Waals surface area contributed by atoms with Crippen molar-refractivity contribution in [3.05, 3.63) is 70.8 Å². The monoisotopic (exact) mass is 423 g/mol. The summed E-state index contributed by atoms with van der Waals surface area (Å²) >= 11 is 0. The third-order valence-electron chi connectivity index (χ3n) is 4.66. The Labute approximate surface area is 174 Å². The van der Waals surface area contributed by atoms with Crippen LogP contribution in [0.15, 0.2) is 48.5 Å². The van der Waals surface area contributed by atoms with Crippen molar-refractivity contribution >= 4 is 24.2 Å². The number of carbonyl (C=O) groups is 2. The van der Waals surface area contributed by atoms with Gasteiger partial charge in [0.05, 0.1) is 12.6 Å². The number of benzene rings is 2. The Morgan fingerprint density at radius 1 is 1.07 bits per heavy atom. The summed E-state index contributed by atoms with van der Waals surface area (Å²) in [5.74, 6) is -3.53. The van der Waals surface area contributed by atoms with E-state index < -0.39 is 30.8 Å². The number of carbonyl (C=O) groups excluding carboxylic acids is 2. The highest BCUT2D eigenvalue weighted by Crippen LogP contribution is 2.25. The van der Waals surface area contributed by atoms with Crippen molar-refractivity contribution < 1.29 is 18.4 Å². The number of aryl methyl sites for hydroxylation is 1. The fourth-order valence-corrected chi connectivity index (χ4v) is 3.03. The van der Waals surface area contributed by atoms with E-state index in [0.717, 1.165) is 16.7 Å². The van der Waals surface area contributed by atoms with Gasteiger partial charge >= 0.3 is 0 Å². The largest absolute Gasteiger partial charge is 0.351 e. The van der Waals surface area contributed by atoms with Crippen LogP contribution in [0.5, 0.6) is 0 Å². The number of amides is 2. The van der Waals surface area contributed by atoms with Gasteiger partial charge in [0.1, 0.15) is 0 Å². The summed E-state index contributed by atoms with van der Waals surface area (Å²) in [4.78, 5) is 24.4. The van der Waals surface area contributed by atoms with E-state index in [9.17, 15) is 18.4 Å². The molecule has 8 heteroatoms. The summed E-state index contributed by atoms with van der Waals surface area (Å²) in [6.07, 6.45) is -0.500. The van der Waals surface area contributed by atoms with Crippen LogP contribution in [0.3, 0.4) is 0 Å². The Balaban J connectivity index is 0.00000300. The molecule has 1 aliphatic heterocycles. The number of alkyl halides is 2. The van der Waals surface area contributed by atoms with Crippen LogP contribution < -0.4 is 16.0 Å². The highest BCUT2D eigenvalue weighted by molar-refractivity contribution is 5.94. The zero-order valence-electron chi connectivity index (χ0n) is 16.0. The Morgan fingerprint density at radius 3 is 2.41 bits per heavy atom. The van der Waals surface area contributed by atoms with Crippen LogP contribution in [0.25, 0.3) is 0 Å². The van der Waals surface area contributed by atoms with E-state index in [1.165, 1.54) is 0 Å². The van der Waals surface area contributed by atoms with Crippen molar-refractivity contribution in [1.29, 1.82) is 0 Å². The highest BCUT2D eigenvalue weighted by Gasteiger charge is 2.42. The van der Waals surface area contributed by atoms with Crippen LogP contribution in [-0.2, 0) is 17.9 Å². The van der Waals surface area contributed by atoms with E-state index in [1.54, 1.807) is 24.3 Å². The van der Waals surface area contributed by atoms with Crippen molar-refractivity contribution in [3.63, 3.8) is 0 Å². The summed E-state index contributed by atoms with van der Waals surface area (Å²) in [6, 6.07) is 13.9. The molecule has 2 aromatic rings. The Hall–Kier alpha value is -2.51. The summed E-state index contributed by atoms with van der Waals surface area (Å²) < 4.78 is 26.4. The molecule has 1 atom stereocenters. The number of hydrogen-bond donors (Lipinski definition) is 3. The molecule has 0 saturated carbocycles. The lowest BCUT2D eigenvalue weighted by atomic mass is 10.1. The molecule has 1 saturated heterocycles. The van der Waals surface area contributed by atoms with Gasteiger partial charge in [-0.3, -0.25) is 14.9 Å². The molecule has 156 valence electrons. The van der Waals surface area contributed by atoms with E-state index in [-0.39, 0.29) is 24.9 Å². The lowest BCUT2D eigenvalue weighted by Gasteiger charge is -2.12. The van der Waals surface area contributed by atoms with Gasteiger partial charge < -0.3 is 10.6 Å². The second kappa shape index (κ2) is 9.80. The fourth-order valence-electron chi connectivity index (χ4n) is 3.03. The second-order valence-electron chi connectivity index (χ2n) is 7.08. The Bertz CT molecular complexity index is 859. The van der Waals surface area contributed by atoms with Crippen LogP contribution >= 0.6 is 12.4 Å². The SMILES string of the molecule is Cc1ccc(CNC(=O)c2cccc(CNC(=O)C3CC(F)(F)CN3)c2)cc1.Cl. The van der Waals surface area contributed by atoms with Crippen molar-refractivity contribution in [3.8, 4) is 0 Å². The second-order valence-corrected chi connectivity index (χ2v) is 7.08. The maximum Gasteiger partial charge on any atom is 0.262 e. The number of rotatable bonds is 6. The average molecular weight is 424 g/mol. The van der Waals surface area contributed by atoms with Gasteiger partial charge in [0.15, 0.2) is 0 Å². The van der Waals surface area contributed by atoms with Gasteiger partial charge in [-0.15, -0.1) is 12.4 Å². The Morgan fingerprint density at radius 2 is 1.76 bits per heavy atom. The van der Waals surface area contributed by atoms with Gasteiger partial charge in [0.2, 0.25) is 5.91 Å². The fraction of sp³-hybridized carbons (Fsp3) is 0.333. The average Bonchev–Trinajstić information content (AvgIpc) is 3.05. The van der Waals surface area contributed by atoms with Crippen molar-refractivity contribution in [1.82, 2.24) is 16.0 Å². The smallest absolute Gasteiger partial charge is 0.262 e. The molecule has 3 rings (SSSR count). The number of hydrogen-bond acceptors (Lipinski definition) is 3. The molecule has 1 unspecified atom stereocenters. The van der Waals surface area contributed by atoms with Gasteiger partial charge in [-0.1, -0.05) is 42.0 Å². The predicted molar refractivity (Wildman–Crippen MR) is 109 cm³/mol. The molecule has 0 spiro atoms. The highest BCUT2D eigenvalue weighted by atomic mass is 35.5. The molecular weight excluding hydrogens is 400 g/mol. The van der Waals surface area contributed by atoms with E-state index in [2.05, 4.69) is 16.0 Å². The van der Waals surface area contributed by atoms with Crippen LogP contribution in [0.1, 0.15) is 33.5 Å². The minimum absolute atomic E-state index is 0. The lowest BCUT2D eigenvalue weighted by Crippen LogP contribution is -2.40. The third-order valence-corrected chi connectivity index (χ3v) is 4.66. The van der Waals surface area contributed by atoms with Gasteiger partial charge in [-0.2, -0.15) is 0 Å². The van der Waals surface area contributed by atoms with Crippen molar-refractivity contribution in [2.75, 3.05) is 6.54 Å². The molecule has 0 aliphatic carbocycles. The molecule has 0 radical (unpaired) electrons. The van der Waals surface area contributed by atoms with Crippen LogP contribution in [0.4, 0.5) is 8.78 Å². The minimum atomic E-state index is -2.85. The maximum atomic E-state index is 13.2. The van der Waals surface area contributed by atoms with Crippen LogP contribution in [0, 0.1) is 6.92 Å². The van der Waals surface area contributed by atoms with Crippen molar-refractivity contribution in [2.45, 2.75) is 38.4 Å². The molecule has 29 heavy (non-hydrogen) atoms. The van der Waals surface area contributed by atoms with Gasteiger partial charge in [-0.05, 0) is 30.2 Å². The van der Waals surface area contributed by atoms with E-state index in [1.807, 2.05) is 31.2 Å². The zero-order chi connectivity index (χ0) is 20.1. The van der Waals surface area contributed by atoms with E-state index in [4.69, 9.17) is 0 Å². The standard InChI is InChI=1S/C21H23F2N3O2.ClH/c1-14-5-7-15(8-6-14)11-24-19(27)17-4-2-3-16(9-17)12-25-20(28)18-10-21(22,23)13-26-18;/h2-9,18,26H,10-13H2,1H3,(H,24,27)(H,25,28);1H. The first-order valence-corrected chi connectivity index (χ1v) is 9.14. The molecule has 1 heterocycles. The number of halogens is 3.